The molecule has 78 valence electrons. The predicted octanol–water partition coefficient (Wildman–Crippen LogP) is -0.381. The molecule has 1 aliphatic rings. The van der Waals surface area contributed by atoms with Crippen molar-refractivity contribution in [2.45, 2.75) is 6.10 Å². The molecular weight excluding hydrogens is 202 g/mol. The summed E-state index contributed by atoms with van der Waals surface area (Å²) in [6, 6.07) is 0. The van der Waals surface area contributed by atoms with Crippen molar-refractivity contribution in [2.24, 2.45) is 0 Å². The number of nitrogens with one attached hydrogen (secondary N) is 1. The van der Waals surface area contributed by atoms with E-state index in [9.17, 15) is 5.11 Å². The molecule has 2 rings (SSSR count). The lowest BCUT2D eigenvalue weighted by Gasteiger charge is -2.20. The Bertz CT molecular complexity index is 305. The molecule has 5 nitrogen and oxygen atoms in total. The number of aromatic hydroxyl groups is 1. The summed E-state index contributed by atoms with van der Waals surface area (Å²) in [5.41, 5.74) is 0. The zero-order valence-electron chi connectivity index (χ0n) is 7.68. The van der Waals surface area contributed by atoms with Crippen LogP contribution in [0.5, 0.6) is 5.88 Å². The van der Waals surface area contributed by atoms with Gasteiger partial charge in [0.2, 0.25) is 5.88 Å². The predicted molar refractivity (Wildman–Crippen MR) is 54.9 cm³/mol. The standard InChI is InChI=1S/C8H13N3O2S/c12-6-3-9-1-2-11(4-6)8-10-7(13)5-14-8/h5-6,9,12-13H,1-4H2. The van der Waals surface area contributed by atoms with Crippen LogP contribution in [0.25, 0.3) is 0 Å². The van der Waals surface area contributed by atoms with Gasteiger partial charge in [0.15, 0.2) is 5.13 Å². The van der Waals surface area contributed by atoms with Crippen LogP contribution in [0.3, 0.4) is 0 Å². The number of hydrogen-bond acceptors (Lipinski definition) is 6. The molecule has 0 radical (unpaired) electrons. The molecular formula is C8H13N3O2S. The monoisotopic (exact) mass is 215 g/mol. The number of β-amino-alcohol motifs (C(OH)–C–C–N with tert-alkyl or cyclic N) is 1. The summed E-state index contributed by atoms with van der Waals surface area (Å²) in [6.07, 6.45) is -0.372. The second-order valence-corrected chi connectivity index (χ2v) is 4.13. The van der Waals surface area contributed by atoms with Gasteiger partial charge in [0.1, 0.15) is 0 Å². The molecule has 3 N–H and O–H groups in total. The van der Waals surface area contributed by atoms with Gasteiger partial charge in [-0.05, 0) is 0 Å². The first kappa shape index (κ1) is 9.70. The number of nitrogens with zero attached hydrogens (tertiary/aromatic N) is 2. The Kier molecular flexibility index (Phi) is 2.85. The van der Waals surface area contributed by atoms with Crippen molar-refractivity contribution in [3.63, 3.8) is 0 Å². The summed E-state index contributed by atoms with van der Waals surface area (Å²) in [5.74, 6) is 0.0525. The van der Waals surface area contributed by atoms with Gasteiger partial charge in [-0.3, -0.25) is 0 Å². The average molecular weight is 215 g/mol. The van der Waals surface area contributed by atoms with Crippen LogP contribution in [0.1, 0.15) is 0 Å². The Morgan fingerprint density at radius 3 is 3.21 bits per heavy atom. The highest BCUT2D eigenvalue weighted by atomic mass is 32.1. The summed E-state index contributed by atoms with van der Waals surface area (Å²) in [4.78, 5) is 5.95. The van der Waals surface area contributed by atoms with E-state index in [0.29, 0.717) is 13.1 Å². The molecule has 0 amide bonds. The zero-order chi connectivity index (χ0) is 9.97. The van der Waals surface area contributed by atoms with E-state index in [1.807, 2.05) is 4.90 Å². The Balaban J connectivity index is 2.08. The van der Waals surface area contributed by atoms with Gasteiger partial charge in [0.05, 0.1) is 11.5 Å². The van der Waals surface area contributed by atoms with E-state index < -0.39 is 0 Å². The first-order valence-electron chi connectivity index (χ1n) is 4.54. The van der Waals surface area contributed by atoms with E-state index in [2.05, 4.69) is 10.3 Å². The molecule has 0 bridgehead atoms. The smallest absolute Gasteiger partial charge is 0.223 e. The lowest BCUT2D eigenvalue weighted by molar-refractivity contribution is 0.185. The molecule has 1 aromatic rings. The van der Waals surface area contributed by atoms with Gasteiger partial charge >= 0.3 is 0 Å². The van der Waals surface area contributed by atoms with E-state index >= 15 is 0 Å². The van der Waals surface area contributed by atoms with Crippen molar-refractivity contribution in [3.05, 3.63) is 5.38 Å². The van der Waals surface area contributed by atoms with E-state index in [4.69, 9.17) is 5.11 Å². The summed E-state index contributed by atoms with van der Waals surface area (Å²) in [5, 5.41) is 24.1. The van der Waals surface area contributed by atoms with Crippen LogP contribution in [-0.4, -0.2) is 47.5 Å². The lowest BCUT2D eigenvalue weighted by atomic mass is 10.3. The number of hydrogen-bond donors (Lipinski definition) is 3. The molecule has 1 fully saturated rings. The largest absolute Gasteiger partial charge is 0.493 e. The SMILES string of the molecule is Oc1csc(N2CCNCC(O)C2)n1. The van der Waals surface area contributed by atoms with Crippen molar-refractivity contribution < 1.29 is 10.2 Å². The molecule has 1 saturated heterocycles. The molecule has 2 heterocycles. The number of aliphatic hydroxyl groups excluding tert-OH is 1. The second-order valence-electron chi connectivity index (χ2n) is 3.29. The van der Waals surface area contributed by atoms with Gasteiger partial charge in [-0.25, -0.2) is 0 Å². The Morgan fingerprint density at radius 1 is 1.64 bits per heavy atom. The van der Waals surface area contributed by atoms with Crippen molar-refractivity contribution in [1.29, 1.82) is 0 Å². The van der Waals surface area contributed by atoms with Crippen molar-refractivity contribution in [3.8, 4) is 5.88 Å². The molecule has 0 aliphatic carbocycles. The minimum atomic E-state index is -0.372. The summed E-state index contributed by atoms with van der Waals surface area (Å²) in [6.45, 7) is 2.83. The summed E-state index contributed by atoms with van der Waals surface area (Å²) in [7, 11) is 0. The minimum absolute atomic E-state index is 0.0525. The van der Waals surface area contributed by atoms with Crippen LogP contribution in [0.2, 0.25) is 0 Å². The van der Waals surface area contributed by atoms with Crippen LogP contribution in [-0.2, 0) is 0 Å². The van der Waals surface area contributed by atoms with Crippen LogP contribution in [0, 0.1) is 0 Å². The first-order valence-corrected chi connectivity index (χ1v) is 5.42. The Hall–Kier alpha value is -0.850. The van der Waals surface area contributed by atoms with Gasteiger partial charge in [-0.1, -0.05) is 0 Å². The number of rotatable bonds is 1. The maximum atomic E-state index is 9.54. The van der Waals surface area contributed by atoms with Gasteiger partial charge < -0.3 is 20.4 Å². The summed E-state index contributed by atoms with van der Waals surface area (Å²) < 4.78 is 0. The number of aromatic nitrogens is 1. The van der Waals surface area contributed by atoms with Crippen LogP contribution >= 0.6 is 11.3 Å². The molecule has 1 unspecified atom stereocenters. The van der Waals surface area contributed by atoms with Gasteiger partial charge in [-0.2, -0.15) is 4.98 Å². The fourth-order valence-electron chi connectivity index (χ4n) is 1.47. The maximum Gasteiger partial charge on any atom is 0.223 e. The first-order chi connectivity index (χ1) is 6.75. The second kappa shape index (κ2) is 4.12. The molecule has 0 spiro atoms. The Labute approximate surface area is 86.0 Å². The number of thiazole rings is 1. The van der Waals surface area contributed by atoms with E-state index in [-0.39, 0.29) is 12.0 Å². The summed E-state index contributed by atoms with van der Waals surface area (Å²) >= 11 is 1.39. The minimum Gasteiger partial charge on any atom is -0.493 e. The van der Waals surface area contributed by atoms with Crippen molar-refractivity contribution in [1.82, 2.24) is 10.3 Å². The van der Waals surface area contributed by atoms with Crippen molar-refractivity contribution >= 4 is 16.5 Å². The fraction of sp³-hybridized carbons (Fsp3) is 0.625. The molecule has 0 saturated carbocycles. The number of aliphatic hydroxyl groups is 1. The highest BCUT2D eigenvalue weighted by Gasteiger charge is 2.18. The molecule has 0 aromatic carbocycles. The third-order valence-electron chi connectivity index (χ3n) is 2.12. The lowest BCUT2D eigenvalue weighted by Crippen LogP contribution is -2.32. The molecule has 14 heavy (non-hydrogen) atoms. The topological polar surface area (TPSA) is 68.6 Å². The quantitative estimate of drug-likeness (QED) is 0.596. The zero-order valence-corrected chi connectivity index (χ0v) is 8.50. The number of anilines is 1. The van der Waals surface area contributed by atoms with Crippen LogP contribution < -0.4 is 10.2 Å². The van der Waals surface area contributed by atoms with E-state index in [0.717, 1.165) is 18.2 Å². The molecule has 1 atom stereocenters. The highest BCUT2D eigenvalue weighted by Crippen LogP contribution is 2.24. The van der Waals surface area contributed by atoms with E-state index in [1.54, 1.807) is 5.38 Å². The third kappa shape index (κ3) is 2.14. The van der Waals surface area contributed by atoms with Gasteiger partial charge in [0, 0.05) is 26.2 Å². The van der Waals surface area contributed by atoms with Crippen LogP contribution in [0.15, 0.2) is 5.38 Å². The molecule has 1 aliphatic heterocycles. The van der Waals surface area contributed by atoms with Crippen LogP contribution in [0.4, 0.5) is 5.13 Å². The third-order valence-corrected chi connectivity index (χ3v) is 3.01. The van der Waals surface area contributed by atoms with Crippen molar-refractivity contribution in [2.75, 3.05) is 31.1 Å². The van der Waals surface area contributed by atoms with Gasteiger partial charge in [-0.15, -0.1) is 11.3 Å². The molecule has 6 heteroatoms. The average Bonchev–Trinajstić information content (AvgIpc) is 2.45. The fourth-order valence-corrected chi connectivity index (χ4v) is 2.19. The maximum absolute atomic E-state index is 9.54. The van der Waals surface area contributed by atoms with Gasteiger partial charge in [0.25, 0.3) is 0 Å². The van der Waals surface area contributed by atoms with E-state index in [1.165, 1.54) is 11.3 Å². The molecule has 1 aromatic heterocycles. The normalized spacial score (nSPS) is 23.5. The Morgan fingerprint density at radius 2 is 2.50 bits per heavy atom. The highest BCUT2D eigenvalue weighted by molar-refractivity contribution is 7.13.